The van der Waals surface area contributed by atoms with Gasteiger partial charge >= 0.3 is 0 Å². The van der Waals surface area contributed by atoms with Gasteiger partial charge < -0.3 is 4.98 Å². The van der Waals surface area contributed by atoms with Gasteiger partial charge in [-0.3, -0.25) is 9.63 Å². The quantitative estimate of drug-likeness (QED) is 0.817. The number of hydroxylamine groups is 2. The van der Waals surface area contributed by atoms with Crippen molar-refractivity contribution in [2.45, 2.75) is 0 Å². The van der Waals surface area contributed by atoms with Crippen LogP contribution in [0.2, 0.25) is 5.02 Å². The Morgan fingerprint density at radius 2 is 2.25 bits per heavy atom. The Morgan fingerprint density at radius 3 is 2.88 bits per heavy atom. The number of rotatable bonds is 2. The van der Waals surface area contributed by atoms with Gasteiger partial charge in [-0.1, -0.05) is 17.7 Å². The lowest BCUT2D eigenvalue weighted by Crippen LogP contribution is -2.25. The summed E-state index contributed by atoms with van der Waals surface area (Å²) in [4.78, 5) is 19.6. The van der Waals surface area contributed by atoms with Crippen molar-refractivity contribution in [3.05, 3.63) is 35.0 Å². The van der Waals surface area contributed by atoms with E-state index in [0.29, 0.717) is 10.7 Å². The first-order chi connectivity index (χ1) is 7.63. The van der Waals surface area contributed by atoms with Crippen molar-refractivity contribution < 1.29 is 9.63 Å². The molecule has 4 nitrogen and oxygen atoms in total. The number of nitrogens with one attached hydrogen (secondary N) is 1. The molecule has 1 N–H and O–H groups in total. The maximum atomic E-state index is 11.8. The van der Waals surface area contributed by atoms with E-state index in [1.165, 1.54) is 7.11 Å². The maximum absolute atomic E-state index is 11.8. The molecule has 1 amide bonds. The van der Waals surface area contributed by atoms with Crippen molar-refractivity contribution in [3.63, 3.8) is 0 Å². The lowest BCUT2D eigenvalue weighted by Gasteiger charge is -2.11. The summed E-state index contributed by atoms with van der Waals surface area (Å²) in [6.45, 7) is 0. The fourth-order valence-corrected chi connectivity index (χ4v) is 1.72. The second-order valence-electron chi connectivity index (χ2n) is 3.37. The number of fused-ring (bicyclic) bond motifs is 1. The van der Waals surface area contributed by atoms with Crippen LogP contribution >= 0.6 is 11.6 Å². The zero-order valence-corrected chi connectivity index (χ0v) is 9.71. The number of H-pyrrole nitrogens is 1. The van der Waals surface area contributed by atoms with Gasteiger partial charge in [0, 0.05) is 23.0 Å². The van der Waals surface area contributed by atoms with Gasteiger partial charge in [-0.05, 0) is 18.2 Å². The summed E-state index contributed by atoms with van der Waals surface area (Å²) in [5, 5.41) is 2.60. The first kappa shape index (κ1) is 11.0. The van der Waals surface area contributed by atoms with Crippen LogP contribution in [0.4, 0.5) is 0 Å². The second kappa shape index (κ2) is 4.15. The number of benzene rings is 1. The van der Waals surface area contributed by atoms with E-state index >= 15 is 0 Å². The van der Waals surface area contributed by atoms with E-state index in [0.717, 1.165) is 16.0 Å². The molecule has 0 aliphatic heterocycles. The molecule has 0 unspecified atom stereocenters. The molecule has 1 aromatic heterocycles. The van der Waals surface area contributed by atoms with Crippen LogP contribution in [0.3, 0.4) is 0 Å². The third-order valence-corrected chi connectivity index (χ3v) is 2.73. The van der Waals surface area contributed by atoms with Crippen molar-refractivity contribution >= 4 is 28.4 Å². The SMILES string of the molecule is CON(C)C(=O)c1cc2c(Cl)cccc2[nH]1. The normalized spacial score (nSPS) is 10.7. The smallest absolute Gasteiger partial charge is 0.293 e. The monoisotopic (exact) mass is 238 g/mol. The number of hydrogen-bond acceptors (Lipinski definition) is 2. The predicted octanol–water partition coefficient (Wildman–Crippen LogP) is 2.45. The van der Waals surface area contributed by atoms with Crippen molar-refractivity contribution in [2.24, 2.45) is 0 Å². The summed E-state index contributed by atoms with van der Waals surface area (Å²) < 4.78 is 0. The van der Waals surface area contributed by atoms with Gasteiger partial charge in [0.15, 0.2) is 0 Å². The molecule has 1 heterocycles. The number of carbonyl (C=O) groups excluding carboxylic acids is 1. The van der Waals surface area contributed by atoms with Gasteiger partial charge in [-0.15, -0.1) is 0 Å². The van der Waals surface area contributed by atoms with Crippen molar-refractivity contribution in [1.82, 2.24) is 10.0 Å². The molecule has 5 heteroatoms. The Labute approximate surface area is 97.7 Å². The first-order valence-electron chi connectivity index (χ1n) is 4.73. The van der Waals surface area contributed by atoms with E-state index in [9.17, 15) is 4.79 Å². The molecule has 0 aliphatic carbocycles. The molecule has 1 aromatic carbocycles. The number of aromatic nitrogens is 1. The van der Waals surface area contributed by atoms with Crippen LogP contribution in [0.5, 0.6) is 0 Å². The number of aromatic amines is 1. The van der Waals surface area contributed by atoms with Gasteiger partial charge in [-0.25, -0.2) is 5.06 Å². The zero-order chi connectivity index (χ0) is 11.7. The lowest BCUT2D eigenvalue weighted by atomic mass is 10.2. The molecule has 0 bridgehead atoms. The Bertz CT molecular complexity index is 536. The lowest BCUT2D eigenvalue weighted by molar-refractivity contribution is -0.0759. The van der Waals surface area contributed by atoms with E-state index in [4.69, 9.17) is 16.4 Å². The van der Waals surface area contributed by atoms with Crippen LogP contribution in [0.1, 0.15) is 10.5 Å². The van der Waals surface area contributed by atoms with Crippen molar-refractivity contribution in [1.29, 1.82) is 0 Å². The molecule has 0 aliphatic rings. The number of amides is 1. The van der Waals surface area contributed by atoms with Crippen LogP contribution in [-0.2, 0) is 4.84 Å². The number of nitrogens with zero attached hydrogens (tertiary/aromatic N) is 1. The first-order valence-corrected chi connectivity index (χ1v) is 5.10. The summed E-state index contributed by atoms with van der Waals surface area (Å²) in [5.74, 6) is -0.241. The molecular weight excluding hydrogens is 228 g/mol. The Morgan fingerprint density at radius 1 is 1.50 bits per heavy atom. The Kier molecular flexibility index (Phi) is 2.85. The molecule has 0 saturated carbocycles. The second-order valence-corrected chi connectivity index (χ2v) is 3.78. The minimum absolute atomic E-state index is 0.241. The van der Waals surface area contributed by atoms with Gasteiger partial charge in [0.25, 0.3) is 5.91 Å². The fraction of sp³-hybridized carbons (Fsp3) is 0.182. The summed E-state index contributed by atoms with van der Waals surface area (Å²) >= 11 is 6.01. The summed E-state index contributed by atoms with van der Waals surface area (Å²) in [7, 11) is 2.99. The molecule has 0 spiro atoms. The summed E-state index contributed by atoms with van der Waals surface area (Å²) in [5.41, 5.74) is 1.29. The minimum Gasteiger partial charge on any atom is -0.350 e. The van der Waals surface area contributed by atoms with Gasteiger partial charge in [0.2, 0.25) is 0 Å². The molecule has 0 fully saturated rings. The van der Waals surface area contributed by atoms with E-state index in [1.807, 2.05) is 12.1 Å². The van der Waals surface area contributed by atoms with E-state index < -0.39 is 0 Å². The van der Waals surface area contributed by atoms with Gasteiger partial charge in [0.1, 0.15) is 5.69 Å². The van der Waals surface area contributed by atoms with Gasteiger partial charge in [-0.2, -0.15) is 0 Å². The van der Waals surface area contributed by atoms with Crippen LogP contribution < -0.4 is 0 Å². The average molecular weight is 239 g/mol. The fourth-order valence-electron chi connectivity index (χ4n) is 1.49. The number of halogens is 1. The molecule has 16 heavy (non-hydrogen) atoms. The molecule has 0 radical (unpaired) electrons. The topological polar surface area (TPSA) is 45.3 Å². The van der Waals surface area contributed by atoms with Crippen molar-refractivity contribution in [3.8, 4) is 0 Å². The highest BCUT2D eigenvalue weighted by Crippen LogP contribution is 2.24. The van der Waals surface area contributed by atoms with Crippen LogP contribution in [0, 0.1) is 0 Å². The Balaban J connectivity index is 2.48. The molecule has 2 aromatic rings. The Hall–Kier alpha value is -1.52. The zero-order valence-electron chi connectivity index (χ0n) is 8.95. The molecule has 0 saturated heterocycles. The summed E-state index contributed by atoms with van der Waals surface area (Å²) in [6.07, 6.45) is 0. The highest BCUT2D eigenvalue weighted by molar-refractivity contribution is 6.35. The highest BCUT2D eigenvalue weighted by atomic mass is 35.5. The molecule has 2 rings (SSSR count). The third kappa shape index (κ3) is 1.77. The van der Waals surface area contributed by atoms with Crippen LogP contribution in [0.15, 0.2) is 24.3 Å². The van der Waals surface area contributed by atoms with Gasteiger partial charge in [0.05, 0.1) is 7.11 Å². The predicted molar refractivity (Wildman–Crippen MR) is 62.4 cm³/mol. The number of carbonyl (C=O) groups is 1. The standard InChI is InChI=1S/C11H11ClN2O2/c1-14(16-2)11(15)10-6-7-8(12)4-3-5-9(7)13-10/h3-6,13H,1-2H3. The van der Waals surface area contributed by atoms with E-state index in [1.54, 1.807) is 19.2 Å². The van der Waals surface area contributed by atoms with E-state index in [2.05, 4.69) is 4.98 Å². The summed E-state index contributed by atoms with van der Waals surface area (Å²) in [6, 6.07) is 7.20. The highest BCUT2D eigenvalue weighted by Gasteiger charge is 2.14. The maximum Gasteiger partial charge on any atom is 0.293 e. The van der Waals surface area contributed by atoms with Crippen LogP contribution in [-0.4, -0.2) is 30.1 Å². The largest absolute Gasteiger partial charge is 0.350 e. The molecule has 84 valence electrons. The molecule has 0 atom stereocenters. The van der Waals surface area contributed by atoms with Crippen molar-refractivity contribution in [2.75, 3.05) is 14.2 Å². The number of hydrogen-bond donors (Lipinski definition) is 1. The average Bonchev–Trinajstić information content (AvgIpc) is 2.72. The van der Waals surface area contributed by atoms with E-state index in [-0.39, 0.29) is 5.91 Å². The molecular formula is C11H11ClN2O2. The van der Waals surface area contributed by atoms with Crippen LogP contribution in [0.25, 0.3) is 10.9 Å². The third-order valence-electron chi connectivity index (χ3n) is 2.40. The minimum atomic E-state index is -0.241.